The number of aromatic hydroxyl groups is 1. The minimum atomic E-state index is 0.0925. The maximum atomic E-state index is 10.0. The van der Waals surface area contributed by atoms with Crippen molar-refractivity contribution in [2.75, 3.05) is 0 Å². The molecular weight excluding hydrogens is 342 g/mol. The highest BCUT2D eigenvalue weighted by Gasteiger charge is 2.20. The van der Waals surface area contributed by atoms with Crippen LogP contribution in [-0.4, -0.2) is 9.67 Å². The Balaban J connectivity index is 2.13. The minimum Gasteiger partial charge on any atom is -0.508 e. The lowest BCUT2D eigenvalue weighted by Gasteiger charge is -2.19. The quantitative estimate of drug-likeness (QED) is 0.380. The van der Waals surface area contributed by atoms with Crippen LogP contribution in [0.15, 0.2) is 60.7 Å². The number of hydrogen-bond acceptors (Lipinski definition) is 1. The van der Waals surface area contributed by atoms with Crippen LogP contribution < -0.4 is 0 Å². The van der Waals surface area contributed by atoms with Crippen LogP contribution in [-0.2, 0) is 10.8 Å². The van der Waals surface area contributed by atoms with Gasteiger partial charge in [-0.25, -0.2) is 0 Å². The molecule has 0 atom stereocenters. The van der Waals surface area contributed by atoms with E-state index in [1.165, 1.54) is 32.9 Å². The van der Waals surface area contributed by atoms with Gasteiger partial charge in [-0.15, -0.1) is 0 Å². The van der Waals surface area contributed by atoms with Crippen molar-refractivity contribution >= 4 is 21.8 Å². The summed E-state index contributed by atoms with van der Waals surface area (Å²) in [5, 5.41) is 12.6. The van der Waals surface area contributed by atoms with Crippen LogP contribution in [0.2, 0.25) is 0 Å². The van der Waals surface area contributed by atoms with Gasteiger partial charge in [0.15, 0.2) is 0 Å². The largest absolute Gasteiger partial charge is 0.508 e. The van der Waals surface area contributed by atoms with Crippen LogP contribution in [0, 0.1) is 0 Å². The molecule has 0 aliphatic heterocycles. The third-order valence-corrected chi connectivity index (χ3v) is 5.59. The number of hydrogen-bond donors (Lipinski definition) is 1. The van der Waals surface area contributed by atoms with Gasteiger partial charge in [-0.1, -0.05) is 59.7 Å². The van der Waals surface area contributed by atoms with Crippen molar-refractivity contribution in [2.24, 2.45) is 0 Å². The molecule has 144 valence electrons. The second-order valence-corrected chi connectivity index (χ2v) is 9.82. The van der Waals surface area contributed by atoms with Gasteiger partial charge in [0.2, 0.25) is 0 Å². The maximum Gasteiger partial charge on any atom is 0.117 e. The number of phenolic OH excluding ortho intramolecular Hbond substituents is 1. The average molecular weight is 372 g/mol. The van der Waals surface area contributed by atoms with Crippen LogP contribution >= 0.6 is 0 Å². The van der Waals surface area contributed by atoms with Crippen molar-refractivity contribution in [2.45, 2.75) is 52.4 Å². The van der Waals surface area contributed by atoms with E-state index in [0.29, 0.717) is 0 Å². The van der Waals surface area contributed by atoms with E-state index < -0.39 is 0 Å². The predicted octanol–water partition coefficient (Wildman–Crippen LogP) is 7.08. The van der Waals surface area contributed by atoms with E-state index in [0.717, 1.165) is 5.69 Å². The number of benzene rings is 3. The highest BCUT2D eigenvalue weighted by atomic mass is 16.3. The average Bonchev–Trinajstić information content (AvgIpc) is 2.93. The first-order valence-corrected chi connectivity index (χ1v) is 9.94. The Hall–Kier alpha value is -2.74. The number of nitrogens with zero attached hydrogens (tertiary/aromatic N) is 1. The monoisotopic (exact) mass is 371 g/mol. The molecule has 0 fully saturated rings. The van der Waals surface area contributed by atoms with E-state index in [2.05, 4.69) is 82.5 Å². The first-order valence-electron chi connectivity index (χ1n) is 9.94. The molecule has 0 saturated carbocycles. The fraction of sp³-hybridized carbons (Fsp3) is 0.308. The van der Waals surface area contributed by atoms with E-state index >= 15 is 0 Å². The van der Waals surface area contributed by atoms with Gasteiger partial charge in [-0.05, 0) is 58.4 Å². The second kappa shape index (κ2) is 6.13. The third-order valence-electron chi connectivity index (χ3n) is 5.59. The molecule has 0 saturated heterocycles. The molecule has 3 aromatic carbocycles. The summed E-state index contributed by atoms with van der Waals surface area (Å²) in [5.74, 6) is 0.283. The summed E-state index contributed by atoms with van der Waals surface area (Å²) in [4.78, 5) is 0. The normalized spacial score (nSPS) is 12.8. The Morgan fingerprint density at radius 2 is 1.14 bits per heavy atom. The Kier molecular flexibility index (Phi) is 4.08. The SMILES string of the molecule is CC(C)(C)c1ccc2c(c1)c1cc(C(C)(C)C)ccc1n2-c1cccc(O)c1. The summed E-state index contributed by atoms with van der Waals surface area (Å²) >= 11 is 0. The van der Waals surface area contributed by atoms with Gasteiger partial charge >= 0.3 is 0 Å². The van der Waals surface area contributed by atoms with E-state index in [9.17, 15) is 5.11 Å². The Bertz CT molecular complexity index is 1110. The third kappa shape index (κ3) is 3.07. The zero-order valence-electron chi connectivity index (χ0n) is 17.7. The van der Waals surface area contributed by atoms with Gasteiger partial charge in [-0.2, -0.15) is 0 Å². The fourth-order valence-corrected chi connectivity index (χ4v) is 3.87. The molecule has 0 bridgehead atoms. The molecule has 1 heterocycles. The van der Waals surface area contributed by atoms with Gasteiger partial charge in [-0.3, -0.25) is 0 Å². The fourth-order valence-electron chi connectivity index (χ4n) is 3.87. The van der Waals surface area contributed by atoms with Crippen LogP contribution in [0.4, 0.5) is 0 Å². The lowest BCUT2D eigenvalue weighted by Crippen LogP contribution is -2.10. The Morgan fingerprint density at radius 3 is 1.57 bits per heavy atom. The van der Waals surface area contributed by atoms with E-state index in [1.54, 1.807) is 6.07 Å². The highest BCUT2D eigenvalue weighted by molar-refractivity contribution is 6.09. The summed E-state index contributed by atoms with van der Waals surface area (Å²) in [6.45, 7) is 13.5. The molecule has 2 nitrogen and oxygen atoms in total. The highest BCUT2D eigenvalue weighted by Crippen LogP contribution is 2.37. The van der Waals surface area contributed by atoms with Crippen molar-refractivity contribution in [3.05, 3.63) is 71.8 Å². The van der Waals surface area contributed by atoms with Gasteiger partial charge in [0.1, 0.15) is 5.75 Å². The number of rotatable bonds is 1. The van der Waals surface area contributed by atoms with Gasteiger partial charge in [0.05, 0.1) is 11.0 Å². The molecule has 1 aromatic heterocycles. The molecule has 0 aliphatic rings. The van der Waals surface area contributed by atoms with Crippen LogP contribution in [0.25, 0.3) is 27.5 Å². The van der Waals surface area contributed by atoms with Gasteiger partial charge in [0, 0.05) is 22.5 Å². The molecular formula is C26H29NO. The minimum absolute atomic E-state index is 0.0925. The van der Waals surface area contributed by atoms with Crippen molar-refractivity contribution in [1.82, 2.24) is 4.57 Å². The van der Waals surface area contributed by atoms with E-state index in [4.69, 9.17) is 0 Å². The molecule has 1 N–H and O–H groups in total. The molecule has 28 heavy (non-hydrogen) atoms. The Morgan fingerprint density at radius 1 is 0.643 bits per heavy atom. The van der Waals surface area contributed by atoms with E-state index in [-0.39, 0.29) is 16.6 Å². The number of aromatic nitrogens is 1. The smallest absolute Gasteiger partial charge is 0.117 e. The molecule has 0 aliphatic carbocycles. The summed E-state index contributed by atoms with van der Waals surface area (Å²) in [6.07, 6.45) is 0. The molecule has 4 aromatic rings. The molecule has 0 amide bonds. The van der Waals surface area contributed by atoms with Crippen LogP contribution in [0.5, 0.6) is 5.75 Å². The van der Waals surface area contributed by atoms with Gasteiger partial charge in [0.25, 0.3) is 0 Å². The van der Waals surface area contributed by atoms with Gasteiger partial charge < -0.3 is 9.67 Å². The van der Waals surface area contributed by atoms with Crippen molar-refractivity contribution in [1.29, 1.82) is 0 Å². The summed E-state index contributed by atoms with van der Waals surface area (Å²) in [6, 6.07) is 21.1. The van der Waals surface area contributed by atoms with Crippen molar-refractivity contribution in [3.8, 4) is 11.4 Å². The van der Waals surface area contributed by atoms with Crippen molar-refractivity contribution < 1.29 is 5.11 Å². The standard InChI is InChI=1S/C26H29NO/c1-25(2,3)17-10-12-23-21(14-17)22-15-18(26(4,5)6)11-13-24(22)27(23)19-8-7-9-20(28)16-19/h7-16,28H,1-6H3. The first kappa shape index (κ1) is 18.6. The summed E-state index contributed by atoms with van der Waals surface area (Å²) in [7, 11) is 0. The topological polar surface area (TPSA) is 25.2 Å². The summed E-state index contributed by atoms with van der Waals surface area (Å²) in [5.41, 5.74) is 6.16. The molecule has 0 radical (unpaired) electrons. The number of fused-ring (bicyclic) bond motifs is 3. The van der Waals surface area contributed by atoms with Crippen LogP contribution in [0.3, 0.4) is 0 Å². The lowest BCUT2D eigenvalue weighted by molar-refractivity contribution is 0.475. The summed E-state index contributed by atoms with van der Waals surface area (Å²) < 4.78 is 2.25. The molecule has 0 unspecified atom stereocenters. The molecule has 2 heteroatoms. The zero-order valence-corrected chi connectivity index (χ0v) is 17.7. The predicted molar refractivity (Wildman–Crippen MR) is 120 cm³/mol. The van der Waals surface area contributed by atoms with E-state index in [1.807, 2.05) is 18.2 Å². The second-order valence-electron chi connectivity index (χ2n) is 9.82. The Labute approximate surface area is 167 Å². The number of phenols is 1. The van der Waals surface area contributed by atoms with Crippen LogP contribution in [0.1, 0.15) is 52.7 Å². The zero-order chi connectivity index (χ0) is 20.3. The lowest BCUT2D eigenvalue weighted by atomic mass is 9.85. The first-order chi connectivity index (χ1) is 13.1. The van der Waals surface area contributed by atoms with Crippen molar-refractivity contribution in [3.63, 3.8) is 0 Å². The molecule has 0 spiro atoms. The molecule has 4 rings (SSSR count). The maximum absolute atomic E-state index is 10.0.